The number of hydrogen-bond donors (Lipinski definition) is 8. The first-order valence-corrected chi connectivity index (χ1v) is 14.6. The first-order valence-electron chi connectivity index (χ1n) is 14.6. The summed E-state index contributed by atoms with van der Waals surface area (Å²) >= 11 is 0. The van der Waals surface area contributed by atoms with Crippen LogP contribution in [-0.4, -0.2) is 94.8 Å². The molecule has 0 aliphatic carbocycles. The Labute approximate surface area is 252 Å². The Hall–Kier alpha value is -3.95. The molecule has 0 aromatic heterocycles. The number of carboxylic acid groups (broad SMARTS) is 1. The van der Waals surface area contributed by atoms with E-state index in [2.05, 4.69) is 20.9 Å². The van der Waals surface area contributed by atoms with E-state index < -0.39 is 59.8 Å². The first-order chi connectivity index (χ1) is 20.0. The minimum Gasteiger partial charge on any atom is -0.480 e. The van der Waals surface area contributed by atoms with E-state index in [1.165, 1.54) is 4.90 Å². The monoisotopic (exact) mass is 611 g/mol. The van der Waals surface area contributed by atoms with Crippen LogP contribution in [0.1, 0.15) is 72.6 Å². The predicted molar refractivity (Wildman–Crippen MR) is 159 cm³/mol. The van der Waals surface area contributed by atoms with E-state index >= 15 is 0 Å². The van der Waals surface area contributed by atoms with Crippen LogP contribution in [0, 0.1) is 11.8 Å². The van der Waals surface area contributed by atoms with Crippen molar-refractivity contribution in [1.82, 2.24) is 20.9 Å². The molecule has 0 radical (unpaired) electrons. The second-order valence-electron chi connectivity index (χ2n) is 11.6. The number of amides is 5. The molecule has 43 heavy (non-hydrogen) atoms. The van der Waals surface area contributed by atoms with Crippen molar-refractivity contribution in [3.63, 3.8) is 0 Å². The molecule has 16 nitrogen and oxygen atoms in total. The summed E-state index contributed by atoms with van der Waals surface area (Å²) in [4.78, 5) is 81.2. The van der Waals surface area contributed by atoms with Gasteiger partial charge in [0.25, 0.3) is 0 Å². The van der Waals surface area contributed by atoms with Gasteiger partial charge in [0.2, 0.25) is 29.5 Å². The van der Waals surface area contributed by atoms with Crippen molar-refractivity contribution < 1.29 is 33.9 Å². The number of carbonyl (C=O) groups is 6. The van der Waals surface area contributed by atoms with E-state index in [1.807, 2.05) is 13.8 Å². The number of guanidine groups is 1. The van der Waals surface area contributed by atoms with Crippen molar-refractivity contribution in [3.05, 3.63) is 0 Å². The van der Waals surface area contributed by atoms with E-state index in [0.29, 0.717) is 19.4 Å². The standard InChI is InChI=1S/C27H49N9O7/c1-14(2)13-18(23(39)34-17(26(42)43)7-5-11-32-27(30)31)35-22(38)16(9-10-20(28)37)33-24(40)19-8-6-12-36(19)25(41)21(29)15(3)4/h14-19,21H,5-13,29H2,1-4H3,(H2,28,37)(H,33,40)(H,34,39)(H,35,38)(H,42,43)(H4,30,31,32)/t16-,17-,18-,19-,21-/m0/s1. The fourth-order valence-electron chi connectivity index (χ4n) is 4.61. The third-order valence-electron chi connectivity index (χ3n) is 7.05. The first kappa shape index (κ1) is 37.1. The van der Waals surface area contributed by atoms with E-state index in [9.17, 15) is 33.9 Å². The van der Waals surface area contributed by atoms with Crippen LogP contribution in [0.3, 0.4) is 0 Å². The molecule has 0 saturated carbocycles. The number of primary amides is 1. The minimum atomic E-state index is -1.27. The third-order valence-corrected chi connectivity index (χ3v) is 7.05. The number of nitrogens with two attached hydrogens (primary N) is 4. The van der Waals surface area contributed by atoms with Gasteiger partial charge in [-0.3, -0.25) is 29.0 Å². The summed E-state index contributed by atoms with van der Waals surface area (Å²) in [6.07, 6.45) is 1.02. The van der Waals surface area contributed by atoms with Gasteiger partial charge in [-0.1, -0.05) is 27.7 Å². The van der Waals surface area contributed by atoms with Gasteiger partial charge in [-0.15, -0.1) is 0 Å². The lowest BCUT2D eigenvalue weighted by molar-refractivity contribution is -0.142. The van der Waals surface area contributed by atoms with Crippen LogP contribution >= 0.6 is 0 Å². The lowest BCUT2D eigenvalue weighted by Crippen LogP contribution is -2.58. The third kappa shape index (κ3) is 12.8. The average Bonchev–Trinajstić information content (AvgIpc) is 3.40. The van der Waals surface area contributed by atoms with E-state index in [4.69, 9.17) is 22.9 Å². The second kappa shape index (κ2) is 17.9. The van der Waals surface area contributed by atoms with Crippen LogP contribution in [0.4, 0.5) is 0 Å². The molecule has 0 aromatic carbocycles. The molecule has 244 valence electrons. The Morgan fingerprint density at radius 1 is 0.907 bits per heavy atom. The molecule has 1 aliphatic heterocycles. The molecule has 1 aliphatic rings. The summed E-state index contributed by atoms with van der Waals surface area (Å²) in [7, 11) is 0. The molecule has 0 bridgehead atoms. The maximum Gasteiger partial charge on any atom is 0.326 e. The summed E-state index contributed by atoms with van der Waals surface area (Å²) in [5.74, 6) is -4.79. The number of aliphatic carboxylic acids is 1. The molecular weight excluding hydrogens is 562 g/mol. The lowest BCUT2D eigenvalue weighted by atomic mass is 10.0. The highest BCUT2D eigenvalue weighted by Gasteiger charge is 2.38. The SMILES string of the molecule is CC(C)C[C@H](NC(=O)[C@H](CCC(N)=O)NC(=O)[C@@H]1CCCN1C(=O)[C@@H](N)C(C)C)C(=O)N[C@@H](CCCN=C(N)N)C(=O)O. The zero-order valence-corrected chi connectivity index (χ0v) is 25.5. The molecule has 12 N–H and O–H groups in total. The smallest absolute Gasteiger partial charge is 0.326 e. The van der Waals surface area contributed by atoms with E-state index in [1.54, 1.807) is 13.8 Å². The Morgan fingerprint density at radius 2 is 1.51 bits per heavy atom. The normalized spacial score (nSPS) is 17.5. The van der Waals surface area contributed by atoms with Crippen LogP contribution in [-0.2, 0) is 28.8 Å². The van der Waals surface area contributed by atoms with Crippen LogP contribution in [0.5, 0.6) is 0 Å². The van der Waals surface area contributed by atoms with Crippen LogP contribution in [0.2, 0.25) is 0 Å². The quantitative estimate of drug-likeness (QED) is 0.0473. The zero-order valence-electron chi connectivity index (χ0n) is 25.5. The number of carbonyl (C=O) groups excluding carboxylic acids is 5. The van der Waals surface area contributed by atoms with Gasteiger partial charge < -0.3 is 48.9 Å². The fourth-order valence-corrected chi connectivity index (χ4v) is 4.61. The molecule has 1 fully saturated rings. The topological polar surface area (TPSA) is 278 Å². The molecular formula is C27H49N9O7. The van der Waals surface area contributed by atoms with Crippen molar-refractivity contribution in [2.75, 3.05) is 13.1 Å². The molecule has 1 rings (SSSR count). The van der Waals surface area contributed by atoms with E-state index in [-0.39, 0.29) is 62.4 Å². The molecule has 16 heteroatoms. The van der Waals surface area contributed by atoms with Crippen LogP contribution in [0.15, 0.2) is 4.99 Å². The number of aliphatic imine (C=N–C) groups is 1. The second-order valence-corrected chi connectivity index (χ2v) is 11.6. The zero-order chi connectivity index (χ0) is 32.9. The van der Waals surface area contributed by atoms with Gasteiger partial charge in [-0.25, -0.2) is 4.79 Å². The number of carboxylic acids is 1. The van der Waals surface area contributed by atoms with Crippen molar-refractivity contribution in [1.29, 1.82) is 0 Å². The van der Waals surface area contributed by atoms with Crippen molar-refractivity contribution in [2.45, 2.75) is 103 Å². The van der Waals surface area contributed by atoms with Crippen LogP contribution < -0.4 is 38.9 Å². The molecule has 5 amide bonds. The Balaban J connectivity index is 3.07. The van der Waals surface area contributed by atoms with Gasteiger partial charge in [-0.2, -0.15) is 0 Å². The summed E-state index contributed by atoms with van der Waals surface area (Å²) in [6.45, 7) is 7.73. The Bertz CT molecular complexity index is 1030. The van der Waals surface area contributed by atoms with Gasteiger partial charge in [-0.05, 0) is 50.4 Å². The summed E-state index contributed by atoms with van der Waals surface area (Å²) in [5, 5.41) is 17.3. The number of likely N-dealkylation sites (tertiary alicyclic amines) is 1. The van der Waals surface area contributed by atoms with Gasteiger partial charge in [0.15, 0.2) is 5.96 Å². The number of nitrogens with zero attached hydrogens (tertiary/aromatic N) is 2. The van der Waals surface area contributed by atoms with E-state index in [0.717, 1.165) is 0 Å². The fraction of sp³-hybridized carbons (Fsp3) is 0.741. The molecule has 0 aromatic rings. The molecule has 0 spiro atoms. The maximum absolute atomic E-state index is 13.4. The molecule has 5 atom stereocenters. The van der Waals surface area contributed by atoms with Gasteiger partial charge in [0, 0.05) is 19.5 Å². The Kier molecular flexibility index (Phi) is 15.4. The van der Waals surface area contributed by atoms with Gasteiger partial charge >= 0.3 is 5.97 Å². The molecule has 1 saturated heterocycles. The minimum absolute atomic E-state index is 0.0363. The lowest BCUT2D eigenvalue weighted by Gasteiger charge is -2.30. The highest BCUT2D eigenvalue weighted by Crippen LogP contribution is 2.20. The predicted octanol–water partition coefficient (Wildman–Crippen LogP) is -2.14. The Morgan fingerprint density at radius 3 is 2.05 bits per heavy atom. The molecule has 0 unspecified atom stereocenters. The van der Waals surface area contributed by atoms with Gasteiger partial charge in [0.05, 0.1) is 6.04 Å². The van der Waals surface area contributed by atoms with Crippen molar-refractivity contribution in [3.8, 4) is 0 Å². The average molecular weight is 612 g/mol. The summed E-state index contributed by atoms with van der Waals surface area (Å²) < 4.78 is 0. The number of nitrogens with one attached hydrogen (secondary N) is 3. The largest absolute Gasteiger partial charge is 0.480 e. The molecule has 1 heterocycles. The summed E-state index contributed by atoms with van der Waals surface area (Å²) in [6, 6.07) is -5.31. The maximum atomic E-state index is 13.4. The number of hydrogen-bond acceptors (Lipinski definition) is 8. The van der Waals surface area contributed by atoms with Crippen molar-refractivity contribution in [2.24, 2.45) is 39.8 Å². The highest BCUT2D eigenvalue weighted by molar-refractivity contribution is 5.96. The number of rotatable bonds is 18. The van der Waals surface area contributed by atoms with Gasteiger partial charge in [0.1, 0.15) is 24.2 Å². The van der Waals surface area contributed by atoms with Crippen molar-refractivity contribution >= 4 is 41.5 Å². The highest BCUT2D eigenvalue weighted by atomic mass is 16.4. The summed E-state index contributed by atoms with van der Waals surface area (Å²) in [5.41, 5.74) is 21.9. The van der Waals surface area contributed by atoms with Crippen LogP contribution in [0.25, 0.3) is 0 Å².